The van der Waals surface area contributed by atoms with Crippen molar-refractivity contribution in [2.75, 3.05) is 11.9 Å². The van der Waals surface area contributed by atoms with E-state index in [1.807, 2.05) is 0 Å². The topological polar surface area (TPSA) is 75.1 Å². The number of carboxylic acids is 1. The van der Waals surface area contributed by atoms with Crippen LogP contribution >= 0.6 is 0 Å². The molecule has 0 bridgehead atoms. The Morgan fingerprint density at radius 3 is 2.95 bits per heavy atom. The van der Waals surface area contributed by atoms with Crippen LogP contribution in [0.5, 0.6) is 0 Å². The average Bonchev–Trinajstić information content (AvgIpc) is 2.39. The highest BCUT2D eigenvalue weighted by Crippen LogP contribution is 2.18. The molecule has 2 N–H and O–H groups in total. The number of aromatic nitrogens is 2. The maximum Gasteiger partial charge on any atom is 0.305 e. The number of anilines is 1. The fourth-order valence-corrected chi connectivity index (χ4v) is 1.53. The SMILES string of the molecule is O=C(O)CCNc1nccc(-c2cccc(F)c2)n1. The summed E-state index contributed by atoms with van der Waals surface area (Å²) in [7, 11) is 0. The molecule has 1 aromatic carbocycles. The van der Waals surface area contributed by atoms with Crippen LogP contribution < -0.4 is 5.32 Å². The van der Waals surface area contributed by atoms with Crippen molar-refractivity contribution >= 4 is 11.9 Å². The third kappa shape index (κ3) is 3.74. The third-order valence-electron chi connectivity index (χ3n) is 2.40. The Kier molecular flexibility index (Phi) is 4.02. The predicted octanol–water partition coefficient (Wildman–Crippen LogP) is 2.17. The summed E-state index contributed by atoms with van der Waals surface area (Å²) in [6.45, 7) is 0.238. The first-order chi connectivity index (χ1) is 9.15. The van der Waals surface area contributed by atoms with Crippen LogP contribution in [0.1, 0.15) is 6.42 Å². The van der Waals surface area contributed by atoms with Crippen LogP contribution in [0.25, 0.3) is 11.3 Å². The number of halogens is 1. The highest BCUT2D eigenvalue weighted by atomic mass is 19.1. The van der Waals surface area contributed by atoms with Gasteiger partial charge in [0.05, 0.1) is 12.1 Å². The Hall–Kier alpha value is -2.50. The number of nitrogens with zero attached hydrogens (tertiary/aromatic N) is 2. The summed E-state index contributed by atoms with van der Waals surface area (Å²) in [6, 6.07) is 7.74. The molecule has 1 heterocycles. The zero-order valence-corrected chi connectivity index (χ0v) is 10.0. The van der Waals surface area contributed by atoms with Crippen LogP contribution in [0.15, 0.2) is 36.5 Å². The van der Waals surface area contributed by atoms with Crippen LogP contribution in [-0.4, -0.2) is 27.6 Å². The number of rotatable bonds is 5. The van der Waals surface area contributed by atoms with Gasteiger partial charge in [0, 0.05) is 18.3 Å². The number of benzene rings is 1. The molecule has 98 valence electrons. The van der Waals surface area contributed by atoms with E-state index in [9.17, 15) is 9.18 Å². The molecule has 0 aliphatic carbocycles. The number of nitrogens with one attached hydrogen (secondary N) is 1. The van der Waals surface area contributed by atoms with Crippen LogP contribution in [0, 0.1) is 5.82 Å². The van der Waals surface area contributed by atoms with E-state index in [0.29, 0.717) is 17.2 Å². The van der Waals surface area contributed by atoms with Gasteiger partial charge in [-0.05, 0) is 18.2 Å². The van der Waals surface area contributed by atoms with Gasteiger partial charge in [0.1, 0.15) is 5.82 Å². The molecule has 0 radical (unpaired) electrons. The van der Waals surface area contributed by atoms with Gasteiger partial charge in [-0.3, -0.25) is 4.79 Å². The molecule has 0 spiro atoms. The molecule has 0 aliphatic heterocycles. The molecule has 2 aromatic rings. The van der Waals surface area contributed by atoms with Crippen molar-refractivity contribution in [3.8, 4) is 11.3 Å². The van der Waals surface area contributed by atoms with E-state index in [1.165, 1.54) is 18.3 Å². The van der Waals surface area contributed by atoms with E-state index in [0.717, 1.165) is 0 Å². The molecule has 0 saturated carbocycles. The predicted molar refractivity (Wildman–Crippen MR) is 68.2 cm³/mol. The highest BCUT2D eigenvalue weighted by molar-refractivity contribution is 5.67. The van der Waals surface area contributed by atoms with Crippen molar-refractivity contribution in [2.45, 2.75) is 6.42 Å². The Balaban J connectivity index is 2.13. The number of hydrogen-bond donors (Lipinski definition) is 2. The minimum absolute atomic E-state index is 0.0203. The summed E-state index contributed by atoms with van der Waals surface area (Å²) in [4.78, 5) is 18.6. The first-order valence-corrected chi connectivity index (χ1v) is 5.70. The molecule has 2 rings (SSSR count). The van der Waals surface area contributed by atoms with Gasteiger partial charge in [-0.25, -0.2) is 14.4 Å². The molecule has 0 unspecified atom stereocenters. The lowest BCUT2D eigenvalue weighted by Crippen LogP contribution is -2.09. The van der Waals surface area contributed by atoms with Gasteiger partial charge in [0.15, 0.2) is 0 Å². The Morgan fingerprint density at radius 1 is 1.37 bits per heavy atom. The smallest absolute Gasteiger partial charge is 0.305 e. The molecule has 0 saturated heterocycles. The quantitative estimate of drug-likeness (QED) is 0.862. The number of carboxylic acid groups (broad SMARTS) is 1. The average molecular weight is 261 g/mol. The number of hydrogen-bond acceptors (Lipinski definition) is 4. The van der Waals surface area contributed by atoms with Gasteiger partial charge >= 0.3 is 5.97 Å². The Bertz CT molecular complexity index is 590. The summed E-state index contributed by atoms with van der Waals surface area (Å²) in [5, 5.41) is 11.3. The molecule has 0 fully saturated rings. The fraction of sp³-hybridized carbons (Fsp3) is 0.154. The maximum atomic E-state index is 13.1. The second-order valence-corrected chi connectivity index (χ2v) is 3.85. The van der Waals surface area contributed by atoms with Gasteiger partial charge in [-0.15, -0.1) is 0 Å². The van der Waals surface area contributed by atoms with E-state index in [2.05, 4.69) is 15.3 Å². The molecule has 6 heteroatoms. The fourth-order valence-electron chi connectivity index (χ4n) is 1.53. The molecule has 0 atom stereocenters. The van der Waals surface area contributed by atoms with Gasteiger partial charge in [-0.2, -0.15) is 0 Å². The maximum absolute atomic E-state index is 13.1. The van der Waals surface area contributed by atoms with Crippen LogP contribution in [0.4, 0.5) is 10.3 Å². The lowest BCUT2D eigenvalue weighted by atomic mass is 10.1. The largest absolute Gasteiger partial charge is 0.481 e. The minimum atomic E-state index is -0.895. The van der Waals surface area contributed by atoms with Crippen molar-refractivity contribution in [3.63, 3.8) is 0 Å². The summed E-state index contributed by atoms with van der Waals surface area (Å²) in [5.74, 6) is -0.909. The monoisotopic (exact) mass is 261 g/mol. The zero-order valence-electron chi connectivity index (χ0n) is 10.0. The van der Waals surface area contributed by atoms with Crippen molar-refractivity contribution in [1.82, 2.24) is 9.97 Å². The molecular weight excluding hydrogens is 249 g/mol. The molecule has 5 nitrogen and oxygen atoms in total. The molecular formula is C13H12FN3O2. The van der Waals surface area contributed by atoms with E-state index in [4.69, 9.17) is 5.11 Å². The van der Waals surface area contributed by atoms with Crippen molar-refractivity contribution in [2.24, 2.45) is 0 Å². The van der Waals surface area contributed by atoms with Gasteiger partial charge in [0.25, 0.3) is 0 Å². The summed E-state index contributed by atoms with van der Waals surface area (Å²) < 4.78 is 13.1. The zero-order chi connectivity index (χ0) is 13.7. The second kappa shape index (κ2) is 5.90. The normalized spacial score (nSPS) is 10.2. The molecule has 1 aromatic heterocycles. The van der Waals surface area contributed by atoms with Gasteiger partial charge in [0.2, 0.25) is 5.95 Å². The third-order valence-corrected chi connectivity index (χ3v) is 2.40. The summed E-state index contributed by atoms with van der Waals surface area (Å²) in [5.41, 5.74) is 1.22. The van der Waals surface area contributed by atoms with Crippen molar-refractivity contribution < 1.29 is 14.3 Å². The first-order valence-electron chi connectivity index (χ1n) is 5.70. The standard InChI is InChI=1S/C13H12FN3O2/c14-10-3-1-2-9(8-10)11-4-6-15-13(17-11)16-7-5-12(18)19/h1-4,6,8H,5,7H2,(H,18,19)(H,15,16,17). The first kappa shape index (κ1) is 12.9. The minimum Gasteiger partial charge on any atom is -0.481 e. The van der Waals surface area contributed by atoms with Crippen molar-refractivity contribution in [1.29, 1.82) is 0 Å². The number of aliphatic carboxylic acids is 1. The number of carbonyl (C=O) groups is 1. The Labute approximate surface area is 109 Å². The van der Waals surface area contributed by atoms with Crippen LogP contribution in [0.2, 0.25) is 0 Å². The summed E-state index contributed by atoms with van der Waals surface area (Å²) in [6.07, 6.45) is 1.52. The van der Waals surface area contributed by atoms with Crippen molar-refractivity contribution in [3.05, 3.63) is 42.3 Å². The highest BCUT2D eigenvalue weighted by Gasteiger charge is 2.04. The van der Waals surface area contributed by atoms with E-state index >= 15 is 0 Å². The van der Waals surface area contributed by atoms with Gasteiger partial charge < -0.3 is 10.4 Å². The Morgan fingerprint density at radius 2 is 2.21 bits per heavy atom. The second-order valence-electron chi connectivity index (χ2n) is 3.85. The molecule has 0 aliphatic rings. The lowest BCUT2D eigenvalue weighted by Gasteiger charge is -2.05. The van der Waals surface area contributed by atoms with E-state index < -0.39 is 5.97 Å². The van der Waals surface area contributed by atoms with Crippen LogP contribution in [-0.2, 0) is 4.79 Å². The van der Waals surface area contributed by atoms with E-state index in [-0.39, 0.29) is 18.8 Å². The summed E-state index contributed by atoms with van der Waals surface area (Å²) >= 11 is 0. The van der Waals surface area contributed by atoms with E-state index in [1.54, 1.807) is 18.2 Å². The molecule has 19 heavy (non-hydrogen) atoms. The molecule has 0 amide bonds. The van der Waals surface area contributed by atoms with Crippen LogP contribution in [0.3, 0.4) is 0 Å². The van der Waals surface area contributed by atoms with Gasteiger partial charge in [-0.1, -0.05) is 12.1 Å². The lowest BCUT2D eigenvalue weighted by molar-refractivity contribution is -0.136.